The van der Waals surface area contributed by atoms with Gasteiger partial charge in [0.1, 0.15) is 23.3 Å². The van der Waals surface area contributed by atoms with Crippen molar-refractivity contribution in [3.8, 4) is 5.75 Å². The monoisotopic (exact) mass is 421 g/mol. The van der Waals surface area contributed by atoms with Crippen molar-refractivity contribution in [3.05, 3.63) is 54.4 Å². The van der Waals surface area contributed by atoms with Crippen molar-refractivity contribution in [1.29, 1.82) is 0 Å². The summed E-state index contributed by atoms with van der Waals surface area (Å²) in [5.41, 5.74) is 6.45. The van der Waals surface area contributed by atoms with Gasteiger partial charge >= 0.3 is 0 Å². The minimum absolute atomic E-state index is 0.0259. The molecule has 0 saturated carbocycles. The van der Waals surface area contributed by atoms with Crippen LogP contribution in [0.4, 0.5) is 0 Å². The Morgan fingerprint density at radius 3 is 2.64 bits per heavy atom. The van der Waals surface area contributed by atoms with Crippen LogP contribution in [0.25, 0.3) is 0 Å². The Bertz CT molecular complexity index is 949. The van der Waals surface area contributed by atoms with E-state index in [-0.39, 0.29) is 23.8 Å². The zero-order chi connectivity index (χ0) is 20.4. The van der Waals surface area contributed by atoms with Gasteiger partial charge in [0.25, 0.3) is 0 Å². The summed E-state index contributed by atoms with van der Waals surface area (Å²) in [6.45, 7) is 4.08. The molecule has 2 aromatic rings. The highest BCUT2D eigenvalue weighted by Gasteiger charge is 2.47. The van der Waals surface area contributed by atoms with E-state index in [1.54, 1.807) is 42.7 Å². The SMILES string of the molecule is CC1(C)SCCN(S(=O)(=O)c2ccccc2OCc2ccncc2)C1C(N)=O. The number of pyridine rings is 1. The lowest BCUT2D eigenvalue weighted by molar-refractivity contribution is -0.122. The Hall–Kier alpha value is -2.10. The second-order valence-corrected chi connectivity index (χ2v) is 10.6. The molecule has 0 aliphatic carbocycles. The Balaban J connectivity index is 1.94. The van der Waals surface area contributed by atoms with Crippen molar-refractivity contribution >= 4 is 27.7 Å². The van der Waals surface area contributed by atoms with Crippen molar-refractivity contribution in [1.82, 2.24) is 9.29 Å². The number of nitrogens with two attached hydrogens (primary N) is 1. The molecule has 1 unspecified atom stereocenters. The Morgan fingerprint density at radius 2 is 1.96 bits per heavy atom. The fourth-order valence-corrected chi connectivity index (χ4v) is 6.50. The third-order valence-corrected chi connectivity index (χ3v) is 7.84. The van der Waals surface area contributed by atoms with Crippen LogP contribution in [0.15, 0.2) is 53.7 Å². The molecule has 2 heterocycles. The normalized spacial score (nSPS) is 19.9. The van der Waals surface area contributed by atoms with Gasteiger partial charge in [-0.25, -0.2) is 8.42 Å². The van der Waals surface area contributed by atoms with E-state index in [0.717, 1.165) is 5.56 Å². The van der Waals surface area contributed by atoms with Crippen molar-refractivity contribution in [2.75, 3.05) is 12.3 Å². The van der Waals surface area contributed by atoms with Gasteiger partial charge in [0.05, 0.1) is 0 Å². The highest BCUT2D eigenvalue weighted by atomic mass is 32.2. The molecule has 2 N–H and O–H groups in total. The maximum atomic E-state index is 13.4. The van der Waals surface area contributed by atoms with E-state index in [1.165, 1.54) is 22.1 Å². The van der Waals surface area contributed by atoms with Crippen LogP contribution in [0.3, 0.4) is 0 Å². The van der Waals surface area contributed by atoms with E-state index >= 15 is 0 Å². The highest BCUT2D eigenvalue weighted by Crippen LogP contribution is 2.39. The topological polar surface area (TPSA) is 103 Å². The summed E-state index contributed by atoms with van der Waals surface area (Å²) in [4.78, 5) is 16.1. The number of carbonyl (C=O) groups is 1. The second kappa shape index (κ2) is 8.10. The lowest BCUT2D eigenvalue weighted by Gasteiger charge is -2.43. The lowest BCUT2D eigenvalue weighted by atomic mass is 10.0. The summed E-state index contributed by atoms with van der Waals surface area (Å²) in [7, 11) is -3.98. The summed E-state index contributed by atoms with van der Waals surface area (Å²) in [5, 5.41) is 0. The molecule has 0 radical (unpaired) electrons. The number of amides is 1. The molecule has 7 nitrogen and oxygen atoms in total. The number of hydrogen-bond donors (Lipinski definition) is 1. The van der Waals surface area contributed by atoms with Crippen LogP contribution in [0, 0.1) is 0 Å². The predicted octanol–water partition coefficient (Wildman–Crippen LogP) is 2.03. The number of primary amides is 1. The number of sulfonamides is 1. The van der Waals surface area contributed by atoms with E-state index in [4.69, 9.17) is 10.5 Å². The highest BCUT2D eigenvalue weighted by molar-refractivity contribution is 8.01. The third-order valence-electron chi connectivity index (χ3n) is 4.58. The van der Waals surface area contributed by atoms with Crippen LogP contribution < -0.4 is 10.5 Å². The van der Waals surface area contributed by atoms with Crippen LogP contribution in [0.1, 0.15) is 19.4 Å². The first-order valence-electron chi connectivity index (χ1n) is 8.79. The van der Waals surface area contributed by atoms with Crippen LogP contribution >= 0.6 is 11.8 Å². The van der Waals surface area contributed by atoms with Gasteiger partial charge in [-0.05, 0) is 43.7 Å². The van der Waals surface area contributed by atoms with E-state index < -0.39 is 26.7 Å². The van der Waals surface area contributed by atoms with Gasteiger partial charge < -0.3 is 10.5 Å². The summed E-state index contributed by atoms with van der Waals surface area (Å²) in [6, 6.07) is 9.10. The molecule has 0 bridgehead atoms. The summed E-state index contributed by atoms with van der Waals surface area (Å²) >= 11 is 1.54. The molecule has 150 valence electrons. The number of nitrogens with zero attached hydrogens (tertiary/aromatic N) is 2. The molecule has 0 spiro atoms. The van der Waals surface area contributed by atoms with Gasteiger partial charge in [-0.2, -0.15) is 16.1 Å². The lowest BCUT2D eigenvalue weighted by Crippen LogP contribution is -2.60. The van der Waals surface area contributed by atoms with Gasteiger partial charge in [0.2, 0.25) is 15.9 Å². The van der Waals surface area contributed by atoms with Crippen molar-refractivity contribution in [2.24, 2.45) is 5.73 Å². The Morgan fingerprint density at radius 1 is 1.29 bits per heavy atom. The predicted molar refractivity (Wildman–Crippen MR) is 108 cm³/mol. The number of thioether (sulfide) groups is 1. The van der Waals surface area contributed by atoms with E-state index in [2.05, 4.69) is 4.98 Å². The summed E-state index contributed by atoms with van der Waals surface area (Å²) in [6.07, 6.45) is 3.29. The fourth-order valence-electron chi connectivity index (χ4n) is 3.25. The molecule has 1 aromatic carbocycles. The maximum absolute atomic E-state index is 13.4. The number of ether oxygens (including phenoxy) is 1. The van der Waals surface area contributed by atoms with Crippen LogP contribution in [0.2, 0.25) is 0 Å². The Labute approximate surface area is 169 Å². The quantitative estimate of drug-likeness (QED) is 0.766. The molecule has 28 heavy (non-hydrogen) atoms. The summed E-state index contributed by atoms with van der Waals surface area (Å²) in [5.74, 6) is 0.158. The van der Waals surface area contributed by atoms with Gasteiger partial charge in [0.15, 0.2) is 0 Å². The molecular weight excluding hydrogens is 398 g/mol. The maximum Gasteiger partial charge on any atom is 0.247 e. The van der Waals surface area contributed by atoms with Crippen LogP contribution in [-0.2, 0) is 21.4 Å². The minimum atomic E-state index is -3.98. The largest absolute Gasteiger partial charge is 0.487 e. The molecule has 1 atom stereocenters. The first-order chi connectivity index (χ1) is 13.2. The molecule has 1 fully saturated rings. The molecule has 1 saturated heterocycles. The fraction of sp³-hybridized carbons (Fsp3) is 0.368. The number of para-hydroxylation sites is 1. The van der Waals surface area contributed by atoms with Crippen molar-refractivity contribution in [3.63, 3.8) is 0 Å². The average Bonchev–Trinajstić information content (AvgIpc) is 2.66. The second-order valence-electron chi connectivity index (χ2n) is 6.96. The molecular formula is C19H23N3O4S2. The van der Waals surface area contributed by atoms with E-state index in [0.29, 0.717) is 5.75 Å². The van der Waals surface area contributed by atoms with Crippen molar-refractivity contribution < 1.29 is 17.9 Å². The minimum Gasteiger partial charge on any atom is -0.487 e. The number of benzene rings is 1. The van der Waals surface area contributed by atoms with Crippen LogP contribution in [-0.4, -0.2) is 46.7 Å². The number of aromatic nitrogens is 1. The average molecular weight is 422 g/mol. The van der Waals surface area contributed by atoms with Gasteiger partial charge in [-0.3, -0.25) is 9.78 Å². The van der Waals surface area contributed by atoms with Crippen molar-refractivity contribution in [2.45, 2.75) is 36.1 Å². The molecule has 1 amide bonds. The number of hydrogen-bond acceptors (Lipinski definition) is 6. The first kappa shape index (κ1) is 20.6. The number of carbonyl (C=O) groups excluding carboxylic acids is 1. The molecule has 1 aliphatic heterocycles. The zero-order valence-corrected chi connectivity index (χ0v) is 17.4. The molecule has 1 aliphatic rings. The molecule has 1 aromatic heterocycles. The van der Waals surface area contributed by atoms with Gasteiger partial charge in [-0.15, -0.1) is 0 Å². The standard InChI is InChI=1S/C19H23N3O4S2/c1-19(2)17(18(20)23)22(11-12-27-19)28(24,25)16-6-4-3-5-15(16)26-13-14-7-9-21-10-8-14/h3-10,17H,11-13H2,1-2H3,(H2,20,23). The number of rotatable bonds is 6. The summed E-state index contributed by atoms with van der Waals surface area (Å²) < 4.78 is 33.3. The van der Waals surface area contributed by atoms with E-state index in [1.807, 2.05) is 13.8 Å². The first-order valence-corrected chi connectivity index (χ1v) is 11.2. The van der Waals surface area contributed by atoms with Crippen LogP contribution in [0.5, 0.6) is 5.75 Å². The van der Waals surface area contributed by atoms with Gasteiger partial charge in [0, 0.05) is 29.4 Å². The zero-order valence-electron chi connectivity index (χ0n) is 15.7. The molecule has 3 rings (SSSR count). The van der Waals surface area contributed by atoms with E-state index in [9.17, 15) is 13.2 Å². The Kier molecular flexibility index (Phi) is 5.97. The smallest absolute Gasteiger partial charge is 0.247 e. The molecule has 9 heteroatoms. The van der Waals surface area contributed by atoms with Gasteiger partial charge in [-0.1, -0.05) is 12.1 Å². The third kappa shape index (κ3) is 4.16.